The lowest BCUT2D eigenvalue weighted by Gasteiger charge is -2.06. The Morgan fingerprint density at radius 1 is 1.19 bits per heavy atom. The fourth-order valence-electron chi connectivity index (χ4n) is 2.71. The Bertz CT molecular complexity index is 928. The highest BCUT2D eigenvalue weighted by atomic mass is 32.1. The molecule has 26 heavy (non-hydrogen) atoms. The monoisotopic (exact) mass is 369 g/mol. The average Bonchev–Trinajstić information content (AvgIpc) is 3.22. The van der Waals surface area contributed by atoms with Gasteiger partial charge in [0.15, 0.2) is 11.7 Å². The van der Waals surface area contributed by atoms with Crippen LogP contribution in [-0.4, -0.2) is 32.9 Å². The standard InChI is InChI=1S/C19H19N3O3S/c1-12-4-5-15(10-21-12)9-18(24)25-11-17(23)16-8-13(2)22(14(16)3)19-20-6-7-26-19/h4-8,10H,9,11H2,1-3H3. The number of nitrogens with zero attached hydrogens (tertiary/aromatic N) is 3. The van der Waals surface area contributed by atoms with Crippen LogP contribution in [0.2, 0.25) is 0 Å². The summed E-state index contributed by atoms with van der Waals surface area (Å²) in [7, 11) is 0. The minimum Gasteiger partial charge on any atom is -0.457 e. The van der Waals surface area contributed by atoms with Gasteiger partial charge in [0.1, 0.15) is 0 Å². The van der Waals surface area contributed by atoms with Crippen LogP contribution in [0.15, 0.2) is 36.0 Å². The van der Waals surface area contributed by atoms with Crippen molar-refractivity contribution in [1.82, 2.24) is 14.5 Å². The molecule has 0 bridgehead atoms. The van der Waals surface area contributed by atoms with Crippen LogP contribution in [0.5, 0.6) is 0 Å². The van der Waals surface area contributed by atoms with Crippen molar-refractivity contribution in [3.05, 3.63) is 64.2 Å². The Morgan fingerprint density at radius 2 is 2.00 bits per heavy atom. The van der Waals surface area contributed by atoms with Gasteiger partial charge in [-0.1, -0.05) is 6.07 Å². The number of pyridine rings is 1. The zero-order valence-corrected chi connectivity index (χ0v) is 15.7. The lowest BCUT2D eigenvalue weighted by molar-refractivity contribution is -0.141. The van der Waals surface area contributed by atoms with Gasteiger partial charge >= 0.3 is 5.97 Å². The van der Waals surface area contributed by atoms with Crippen LogP contribution in [0.3, 0.4) is 0 Å². The van der Waals surface area contributed by atoms with E-state index in [1.165, 1.54) is 11.3 Å². The molecule has 0 spiro atoms. The molecular formula is C19H19N3O3S. The molecule has 0 unspecified atom stereocenters. The molecule has 0 aromatic carbocycles. The number of hydrogen-bond donors (Lipinski definition) is 0. The number of esters is 1. The molecule has 3 aromatic heterocycles. The summed E-state index contributed by atoms with van der Waals surface area (Å²) in [6.45, 7) is 5.38. The second kappa shape index (κ2) is 7.61. The molecule has 0 aliphatic heterocycles. The Labute approximate surface area is 155 Å². The van der Waals surface area contributed by atoms with E-state index in [2.05, 4.69) is 9.97 Å². The number of ether oxygens (including phenoxy) is 1. The highest BCUT2D eigenvalue weighted by Crippen LogP contribution is 2.22. The zero-order valence-electron chi connectivity index (χ0n) is 14.9. The number of aryl methyl sites for hydroxylation is 2. The van der Waals surface area contributed by atoms with Gasteiger partial charge in [0, 0.05) is 40.4 Å². The van der Waals surface area contributed by atoms with E-state index >= 15 is 0 Å². The third-order valence-electron chi connectivity index (χ3n) is 4.03. The highest BCUT2D eigenvalue weighted by Gasteiger charge is 2.19. The molecule has 0 atom stereocenters. The number of carbonyl (C=O) groups is 2. The summed E-state index contributed by atoms with van der Waals surface area (Å²) in [6, 6.07) is 5.46. The first-order valence-corrected chi connectivity index (χ1v) is 9.03. The molecule has 7 heteroatoms. The summed E-state index contributed by atoms with van der Waals surface area (Å²) < 4.78 is 7.08. The van der Waals surface area contributed by atoms with Crippen LogP contribution in [0.4, 0.5) is 0 Å². The number of carbonyl (C=O) groups excluding carboxylic acids is 2. The number of rotatable bonds is 6. The van der Waals surface area contributed by atoms with Crippen LogP contribution in [0.1, 0.15) is 33.0 Å². The Kier molecular flexibility index (Phi) is 5.27. The maximum atomic E-state index is 12.5. The maximum absolute atomic E-state index is 12.5. The van der Waals surface area contributed by atoms with Crippen molar-refractivity contribution < 1.29 is 14.3 Å². The molecule has 0 N–H and O–H groups in total. The normalized spacial score (nSPS) is 10.7. The fraction of sp³-hybridized carbons (Fsp3) is 0.263. The molecule has 0 fully saturated rings. The molecular weight excluding hydrogens is 350 g/mol. The lowest BCUT2D eigenvalue weighted by Crippen LogP contribution is -2.16. The van der Waals surface area contributed by atoms with E-state index in [4.69, 9.17) is 4.74 Å². The number of aromatic nitrogens is 3. The van der Waals surface area contributed by atoms with Crippen molar-refractivity contribution in [3.8, 4) is 5.13 Å². The Hall–Kier alpha value is -2.80. The zero-order chi connectivity index (χ0) is 18.7. The molecule has 0 aliphatic carbocycles. The predicted octanol–water partition coefficient (Wildman–Crippen LogP) is 3.22. The molecule has 0 saturated heterocycles. The number of hydrogen-bond acceptors (Lipinski definition) is 6. The van der Waals surface area contributed by atoms with Gasteiger partial charge in [-0.3, -0.25) is 19.1 Å². The summed E-state index contributed by atoms with van der Waals surface area (Å²) in [5.41, 5.74) is 3.89. The summed E-state index contributed by atoms with van der Waals surface area (Å²) in [5.74, 6) is -0.672. The quantitative estimate of drug-likeness (QED) is 0.493. The van der Waals surface area contributed by atoms with Crippen LogP contribution in [0.25, 0.3) is 5.13 Å². The van der Waals surface area contributed by atoms with E-state index in [9.17, 15) is 9.59 Å². The smallest absolute Gasteiger partial charge is 0.310 e. The fourth-order valence-corrected chi connectivity index (χ4v) is 3.46. The highest BCUT2D eigenvalue weighted by molar-refractivity contribution is 7.12. The minimum absolute atomic E-state index is 0.0959. The third-order valence-corrected chi connectivity index (χ3v) is 4.78. The molecule has 3 rings (SSSR count). The second-order valence-corrected chi connectivity index (χ2v) is 6.88. The average molecular weight is 369 g/mol. The van der Waals surface area contributed by atoms with Crippen molar-refractivity contribution in [1.29, 1.82) is 0 Å². The number of ketones is 1. The van der Waals surface area contributed by atoms with Crippen LogP contribution >= 0.6 is 11.3 Å². The van der Waals surface area contributed by atoms with E-state index < -0.39 is 5.97 Å². The molecule has 0 radical (unpaired) electrons. The van der Waals surface area contributed by atoms with Gasteiger partial charge in [-0.25, -0.2) is 4.98 Å². The summed E-state index contributed by atoms with van der Waals surface area (Å²) in [5, 5.41) is 2.69. The van der Waals surface area contributed by atoms with Gasteiger partial charge in [-0.2, -0.15) is 0 Å². The molecule has 0 aliphatic rings. The Morgan fingerprint density at radius 3 is 2.65 bits per heavy atom. The largest absolute Gasteiger partial charge is 0.457 e. The molecule has 0 saturated carbocycles. The van der Waals surface area contributed by atoms with Crippen LogP contribution in [0, 0.1) is 20.8 Å². The number of Topliss-reactive ketones (excluding diaryl/α,β-unsaturated/α-hetero) is 1. The first-order chi connectivity index (χ1) is 12.5. The first-order valence-electron chi connectivity index (χ1n) is 8.15. The lowest BCUT2D eigenvalue weighted by atomic mass is 10.1. The molecule has 6 nitrogen and oxygen atoms in total. The second-order valence-electron chi connectivity index (χ2n) is 6.00. The van der Waals surface area contributed by atoms with Gasteiger partial charge < -0.3 is 4.74 Å². The van der Waals surface area contributed by atoms with Crippen molar-refractivity contribution in [2.45, 2.75) is 27.2 Å². The Balaban J connectivity index is 1.64. The van der Waals surface area contributed by atoms with E-state index in [0.717, 1.165) is 27.8 Å². The molecule has 134 valence electrons. The van der Waals surface area contributed by atoms with Crippen molar-refractivity contribution in [2.75, 3.05) is 6.61 Å². The predicted molar refractivity (Wildman–Crippen MR) is 98.9 cm³/mol. The molecule has 3 heterocycles. The van der Waals surface area contributed by atoms with Crippen molar-refractivity contribution in [2.24, 2.45) is 0 Å². The summed E-state index contributed by atoms with van der Waals surface area (Å²) >= 11 is 1.50. The van der Waals surface area contributed by atoms with Gasteiger partial charge in [0.2, 0.25) is 5.78 Å². The summed E-state index contributed by atoms with van der Waals surface area (Å²) in [4.78, 5) is 32.9. The maximum Gasteiger partial charge on any atom is 0.310 e. The van der Waals surface area contributed by atoms with Crippen molar-refractivity contribution in [3.63, 3.8) is 0 Å². The third kappa shape index (κ3) is 3.88. The molecule has 3 aromatic rings. The van der Waals surface area contributed by atoms with Gasteiger partial charge in [-0.05, 0) is 38.5 Å². The van der Waals surface area contributed by atoms with Crippen molar-refractivity contribution >= 4 is 23.1 Å². The minimum atomic E-state index is -0.447. The van der Waals surface area contributed by atoms with Crippen LogP contribution in [-0.2, 0) is 16.0 Å². The number of thiazole rings is 1. The van der Waals surface area contributed by atoms with Gasteiger partial charge in [-0.15, -0.1) is 11.3 Å². The summed E-state index contributed by atoms with van der Waals surface area (Å²) in [6.07, 6.45) is 3.46. The van der Waals surface area contributed by atoms with Gasteiger partial charge in [0.25, 0.3) is 0 Å². The van der Waals surface area contributed by atoms with E-state index in [-0.39, 0.29) is 18.8 Å². The van der Waals surface area contributed by atoms with E-state index in [1.54, 1.807) is 18.5 Å². The van der Waals surface area contributed by atoms with Crippen LogP contribution < -0.4 is 0 Å². The SMILES string of the molecule is Cc1ccc(CC(=O)OCC(=O)c2cc(C)n(-c3nccs3)c2C)cn1. The van der Waals surface area contributed by atoms with Gasteiger partial charge in [0.05, 0.1) is 6.42 Å². The van der Waals surface area contributed by atoms with E-state index in [0.29, 0.717) is 5.56 Å². The molecule has 0 amide bonds. The van der Waals surface area contributed by atoms with E-state index in [1.807, 2.05) is 42.9 Å². The first kappa shape index (κ1) is 18.0. The topological polar surface area (TPSA) is 74.1 Å².